The van der Waals surface area contributed by atoms with E-state index in [0.717, 1.165) is 41.8 Å². The minimum Gasteiger partial charge on any atom is -0.446 e. The number of hydrogen-bond donors (Lipinski definition) is 3. The molecule has 3 rings (SSSR count). The normalized spacial score (nSPS) is 19.6. The molecule has 1 fully saturated rings. The third-order valence-electron chi connectivity index (χ3n) is 4.86. The first-order valence-corrected chi connectivity index (χ1v) is 12.3. The molecule has 1 aromatic heterocycles. The van der Waals surface area contributed by atoms with E-state index in [1.807, 2.05) is 44.2 Å². The molecule has 152 valence electrons. The molecule has 1 aliphatic carbocycles. The van der Waals surface area contributed by atoms with Crippen LogP contribution in [0.5, 0.6) is 0 Å². The Morgan fingerprint density at radius 1 is 1.25 bits per heavy atom. The van der Waals surface area contributed by atoms with E-state index in [0.29, 0.717) is 5.92 Å². The SMILES string of the molecule is CC(C)NC(=O)OC1CCC(c2cc(Nc3ccc(P(C)(C)=O)cc3)n[nH]2)C1. The number of rotatable bonds is 6. The fraction of sp³-hybridized carbons (Fsp3) is 0.500. The van der Waals surface area contributed by atoms with Crippen molar-refractivity contribution in [2.75, 3.05) is 18.6 Å². The number of hydrogen-bond acceptors (Lipinski definition) is 5. The first-order valence-electron chi connectivity index (χ1n) is 9.66. The van der Waals surface area contributed by atoms with Crippen LogP contribution >= 0.6 is 7.14 Å². The zero-order valence-electron chi connectivity index (χ0n) is 16.9. The summed E-state index contributed by atoms with van der Waals surface area (Å²) in [6.07, 6.45) is 2.20. The fourth-order valence-electron chi connectivity index (χ4n) is 3.41. The summed E-state index contributed by atoms with van der Waals surface area (Å²) in [6.45, 7) is 7.35. The van der Waals surface area contributed by atoms with Gasteiger partial charge in [0.25, 0.3) is 0 Å². The predicted molar refractivity (Wildman–Crippen MR) is 113 cm³/mol. The summed E-state index contributed by atoms with van der Waals surface area (Å²) < 4.78 is 17.6. The summed E-state index contributed by atoms with van der Waals surface area (Å²) in [6, 6.07) is 9.67. The Morgan fingerprint density at radius 3 is 2.61 bits per heavy atom. The summed E-state index contributed by atoms with van der Waals surface area (Å²) >= 11 is 0. The van der Waals surface area contributed by atoms with Crippen LogP contribution in [0.2, 0.25) is 0 Å². The zero-order valence-corrected chi connectivity index (χ0v) is 17.8. The lowest BCUT2D eigenvalue weighted by molar-refractivity contribution is 0.0981. The molecule has 1 amide bonds. The highest BCUT2D eigenvalue weighted by Gasteiger charge is 2.30. The van der Waals surface area contributed by atoms with Gasteiger partial charge in [0, 0.05) is 34.7 Å². The molecule has 2 unspecified atom stereocenters. The van der Waals surface area contributed by atoms with Crippen molar-refractivity contribution >= 4 is 30.0 Å². The third kappa shape index (κ3) is 5.38. The quantitative estimate of drug-likeness (QED) is 0.628. The van der Waals surface area contributed by atoms with Gasteiger partial charge in [-0.3, -0.25) is 5.10 Å². The lowest BCUT2D eigenvalue weighted by atomic mass is 10.0. The molecule has 0 spiro atoms. The van der Waals surface area contributed by atoms with Crippen molar-refractivity contribution in [3.05, 3.63) is 36.0 Å². The first kappa shape index (κ1) is 20.5. The summed E-state index contributed by atoms with van der Waals surface area (Å²) in [4.78, 5) is 11.8. The number of aromatic nitrogens is 2. The van der Waals surface area contributed by atoms with E-state index in [1.54, 1.807) is 13.3 Å². The minimum absolute atomic E-state index is 0.0604. The number of alkyl carbamates (subject to hydrolysis) is 1. The van der Waals surface area contributed by atoms with Gasteiger partial charge in [-0.2, -0.15) is 5.10 Å². The van der Waals surface area contributed by atoms with Gasteiger partial charge in [0.15, 0.2) is 5.82 Å². The number of anilines is 2. The summed E-state index contributed by atoms with van der Waals surface area (Å²) in [5.41, 5.74) is 1.94. The van der Waals surface area contributed by atoms with Crippen LogP contribution in [0.25, 0.3) is 0 Å². The van der Waals surface area contributed by atoms with E-state index in [1.165, 1.54) is 0 Å². The molecule has 7 nitrogen and oxygen atoms in total. The molecule has 28 heavy (non-hydrogen) atoms. The number of ether oxygens (including phenoxy) is 1. The van der Waals surface area contributed by atoms with Crippen molar-refractivity contribution in [3.8, 4) is 0 Å². The Balaban J connectivity index is 1.56. The van der Waals surface area contributed by atoms with E-state index in [9.17, 15) is 9.36 Å². The molecule has 1 saturated carbocycles. The second-order valence-corrected chi connectivity index (χ2v) is 11.3. The van der Waals surface area contributed by atoms with Crippen LogP contribution < -0.4 is 15.9 Å². The maximum atomic E-state index is 12.1. The van der Waals surface area contributed by atoms with Gasteiger partial charge in [0.05, 0.1) is 0 Å². The van der Waals surface area contributed by atoms with Crippen LogP contribution in [0.4, 0.5) is 16.3 Å². The first-order chi connectivity index (χ1) is 13.2. The highest BCUT2D eigenvalue weighted by Crippen LogP contribution is 2.37. The topological polar surface area (TPSA) is 96.1 Å². The van der Waals surface area contributed by atoms with Gasteiger partial charge in [-0.15, -0.1) is 0 Å². The molecular formula is C20H29N4O3P. The van der Waals surface area contributed by atoms with Crippen LogP contribution in [-0.2, 0) is 9.30 Å². The molecule has 1 aliphatic rings. The summed E-state index contributed by atoms with van der Waals surface area (Å²) in [5, 5.41) is 14.3. The Bertz CT molecular complexity index is 857. The van der Waals surface area contributed by atoms with E-state index < -0.39 is 7.14 Å². The Labute approximate surface area is 166 Å². The Kier molecular flexibility index (Phi) is 6.14. The Hall–Kier alpha value is -2.27. The Morgan fingerprint density at radius 2 is 1.96 bits per heavy atom. The highest BCUT2D eigenvalue weighted by molar-refractivity contribution is 7.70. The molecule has 8 heteroatoms. The molecule has 0 bridgehead atoms. The van der Waals surface area contributed by atoms with Gasteiger partial charge in [0.1, 0.15) is 13.2 Å². The van der Waals surface area contributed by atoms with Gasteiger partial charge in [-0.05, 0) is 70.7 Å². The van der Waals surface area contributed by atoms with Gasteiger partial charge >= 0.3 is 6.09 Å². The molecule has 2 atom stereocenters. The lowest BCUT2D eigenvalue weighted by Gasteiger charge is -2.14. The highest BCUT2D eigenvalue weighted by atomic mass is 31.2. The predicted octanol–water partition coefficient (Wildman–Crippen LogP) is 4.17. The molecule has 0 aliphatic heterocycles. The maximum absolute atomic E-state index is 12.1. The number of carbonyl (C=O) groups is 1. The van der Waals surface area contributed by atoms with Crippen LogP contribution in [0.1, 0.15) is 44.7 Å². The fourth-order valence-corrected chi connectivity index (χ4v) is 4.28. The molecule has 0 saturated heterocycles. The largest absolute Gasteiger partial charge is 0.446 e. The van der Waals surface area contributed by atoms with Gasteiger partial charge in [-0.25, -0.2) is 4.79 Å². The van der Waals surface area contributed by atoms with Crippen molar-refractivity contribution in [1.29, 1.82) is 0 Å². The van der Waals surface area contributed by atoms with Crippen molar-refractivity contribution in [2.24, 2.45) is 0 Å². The summed E-state index contributed by atoms with van der Waals surface area (Å²) in [7, 11) is -2.24. The molecule has 1 heterocycles. The molecule has 2 aromatic rings. The molecular weight excluding hydrogens is 375 g/mol. The van der Waals surface area contributed by atoms with Crippen LogP contribution in [0.3, 0.4) is 0 Å². The maximum Gasteiger partial charge on any atom is 0.407 e. The number of H-pyrrole nitrogens is 1. The number of nitrogens with zero attached hydrogens (tertiary/aromatic N) is 1. The molecule has 3 N–H and O–H groups in total. The van der Waals surface area contributed by atoms with E-state index >= 15 is 0 Å². The van der Waals surface area contributed by atoms with Crippen LogP contribution in [-0.4, -0.2) is 41.8 Å². The minimum atomic E-state index is -2.24. The van der Waals surface area contributed by atoms with Crippen molar-refractivity contribution < 1.29 is 14.1 Å². The average molecular weight is 404 g/mol. The van der Waals surface area contributed by atoms with Crippen molar-refractivity contribution in [1.82, 2.24) is 15.5 Å². The summed E-state index contributed by atoms with van der Waals surface area (Å²) in [5.74, 6) is 1.04. The molecule has 1 aromatic carbocycles. The number of benzene rings is 1. The molecule has 0 radical (unpaired) electrons. The van der Waals surface area contributed by atoms with Gasteiger partial charge in [0.2, 0.25) is 0 Å². The number of carbonyl (C=O) groups excluding carboxylic acids is 1. The second kappa shape index (κ2) is 8.39. The number of amides is 1. The standard InChI is InChI=1S/C20H29N4O3P/c1-13(2)21-20(25)27-16-8-5-14(11-16)18-12-19(24-23-18)22-15-6-9-17(10-7-15)28(3,4)26/h6-7,9-10,12-14,16H,5,8,11H2,1-4H3,(H,21,25)(H2,22,23,24). The zero-order chi connectivity index (χ0) is 20.3. The van der Waals surface area contributed by atoms with Crippen molar-refractivity contribution in [3.63, 3.8) is 0 Å². The second-order valence-electron chi connectivity index (χ2n) is 8.07. The van der Waals surface area contributed by atoms with E-state index in [4.69, 9.17) is 4.74 Å². The monoisotopic (exact) mass is 404 g/mol. The van der Waals surface area contributed by atoms with E-state index in [2.05, 4.69) is 20.8 Å². The van der Waals surface area contributed by atoms with Crippen LogP contribution in [0, 0.1) is 0 Å². The van der Waals surface area contributed by atoms with Crippen LogP contribution in [0.15, 0.2) is 30.3 Å². The van der Waals surface area contributed by atoms with Gasteiger partial charge < -0.3 is 19.9 Å². The number of aromatic amines is 1. The number of nitrogens with one attached hydrogen (secondary N) is 3. The smallest absolute Gasteiger partial charge is 0.407 e. The lowest BCUT2D eigenvalue weighted by Crippen LogP contribution is -2.33. The van der Waals surface area contributed by atoms with Crippen molar-refractivity contribution in [2.45, 2.75) is 51.2 Å². The average Bonchev–Trinajstić information content (AvgIpc) is 3.23. The third-order valence-corrected chi connectivity index (χ3v) is 6.41. The van der Waals surface area contributed by atoms with Gasteiger partial charge in [-0.1, -0.05) is 0 Å². The van der Waals surface area contributed by atoms with E-state index in [-0.39, 0.29) is 18.2 Å².